The predicted octanol–water partition coefficient (Wildman–Crippen LogP) is 4.96. The van der Waals surface area contributed by atoms with Gasteiger partial charge in [-0.05, 0) is 63.3 Å². The van der Waals surface area contributed by atoms with E-state index in [0.29, 0.717) is 25.2 Å². The Kier molecular flexibility index (Phi) is 7.07. The number of halogens is 3. The SMILES string of the molecule is C[C@@H]1CN(c2nc(-n3ccc(OCC4(C(C)(F)F)CC4)n3)ccc2C(=O)NS(=O)(=O)c2ccccc2F)C(C)(C)C1. The zero-order chi connectivity index (χ0) is 29.8. The maximum absolute atomic E-state index is 14.2. The van der Waals surface area contributed by atoms with E-state index in [9.17, 15) is 26.4 Å². The van der Waals surface area contributed by atoms with Gasteiger partial charge in [0.1, 0.15) is 23.1 Å². The Morgan fingerprint density at radius 2 is 1.88 bits per heavy atom. The Balaban J connectivity index is 1.45. The van der Waals surface area contributed by atoms with Crippen molar-refractivity contribution in [2.24, 2.45) is 11.3 Å². The van der Waals surface area contributed by atoms with Crippen LogP contribution >= 0.6 is 0 Å². The number of nitrogens with one attached hydrogen (secondary N) is 1. The molecule has 0 radical (unpaired) electrons. The van der Waals surface area contributed by atoms with Gasteiger partial charge >= 0.3 is 0 Å². The molecule has 2 fully saturated rings. The average Bonchev–Trinajstić information content (AvgIpc) is 3.45. The molecule has 1 aliphatic heterocycles. The van der Waals surface area contributed by atoms with Crippen molar-refractivity contribution in [1.82, 2.24) is 19.5 Å². The average molecular weight is 592 g/mol. The zero-order valence-corrected chi connectivity index (χ0v) is 24.0. The molecule has 13 heteroatoms. The van der Waals surface area contributed by atoms with Crippen molar-refractivity contribution in [1.29, 1.82) is 0 Å². The number of anilines is 1. The van der Waals surface area contributed by atoms with Crippen LogP contribution in [-0.2, 0) is 10.0 Å². The minimum Gasteiger partial charge on any atom is -0.476 e. The van der Waals surface area contributed by atoms with E-state index >= 15 is 0 Å². The normalized spacial score (nSPS) is 19.7. The van der Waals surface area contributed by atoms with Gasteiger partial charge in [0.2, 0.25) is 5.88 Å². The highest BCUT2D eigenvalue weighted by atomic mass is 32.2. The number of carbonyl (C=O) groups is 1. The lowest BCUT2D eigenvalue weighted by molar-refractivity contribution is -0.0712. The first-order valence-electron chi connectivity index (χ1n) is 13.3. The molecule has 2 aromatic heterocycles. The molecule has 1 amide bonds. The highest BCUT2D eigenvalue weighted by Crippen LogP contribution is 2.56. The van der Waals surface area contributed by atoms with Gasteiger partial charge in [-0.25, -0.2) is 36.0 Å². The molecule has 0 spiro atoms. The third-order valence-electron chi connectivity index (χ3n) is 7.87. The summed E-state index contributed by atoms with van der Waals surface area (Å²) in [4.78, 5) is 19.3. The van der Waals surface area contributed by atoms with E-state index in [-0.39, 0.29) is 29.8 Å². The number of alkyl halides is 2. The topological polar surface area (TPSA) is 106 Å². The molecule has 1 atom stereocenters. The molecular weight excluding hydrogens is 559 g/mol. The van der Waals surface area contributed by atoms with E-state index < -0.39 is 43.5 Å². The molecule has 9 nitrogen and oxygen atoms in total. The number of nitrogens with zero attached hydrogens (tertiary/aromatic N) is 4. The Labute approximate surface area is 236 Å². The van der Waals surface area contributed by atoms with Gasteiger partial charge in [-0.3, -0.25) is 4.79 Å². The summed E-state index contributed by atoms with van der Waals surface area (Å²) in [5.41, 5.74) is -1.61. The van der Waals surface area contributed by atoms with Crippen molar-refractivity contribution in [2.45, 2.75) is 63.3 Å². The Morgan fingerprint density at radius 1 is 1.17 bits per heavy atom. The maximum atomic E-state index is 14.2. The van der Waals surface area contributed by atoms with Crippen LogP contribution in [0.25, 0.3) is 5.82 Å². The summed E-state index contributed by atoms with van der Waals surface area (Å²) in [5, 5.41) is 4.33. The van der Waals surface area contributed by atoms with Crippen LogP contribution in [-0.4, -0.2) is 53.7 Å². The first-order chi connectivity index (χ1) is 19.1. The predicted molar refractivity (Wildman–Crippen MR) is 145 cm³/mol. The van der Waals surface area contributed by atoms with Crippen molar-refractivity contribution in [3.8, 4) is 11.7 Å². The first kappa shape index (κ1) is 28.9. The highest BCUT2D eigenvalue weighted by Gasteiger charge is 2.59. The van der Waals surface area contributed by atoms with Gasteiger partial charge in [-0.1, -0.05) is 19.1 Å². The molecule has 1 aliphatic carbocycles. The number of hydrogen-bond acceptors (Lipinski definition) is 7. The summed E-state index contributed by atoms with van der Waals surface area (Å²) >= 11 is 0. The number of aromatic nitrogens is 3. The zero-order valence-electron chi connectivity index (χ0n) is 23.2. The fraction of sp³-hybridized carbons (Fsp3) is 0.464. The number of sulfonamides is 1. The molecular formula is C28H32F3N5O4S. The van der Waals surface area contributed by atoms with E-state index in [1.807, 2.05) is 23.5 Å². The minimum absolute atomic E-state index is 0.0136. The van der Waals surface area contributed by atoms with Crippen LogP contribution in [0.2, 0.25) is 0 Å². The number of hydrogen-bond donors (Lipinski definition) is 1. The van der Waals surface area contributed by atoms with E-state index in [2.05, 4.69) is 12.0 Å². The van der Waals surface area contributed by atoms with Gasteiger partial charge in [0.05, 0.1) is 11.0 Å². The monoisotopic (exact) mass is 591 g/mol. The van der Waals surface area contributed by atoms with Crippen molar-refractivity contribution in [3.63, 3.8) is 0 Å². The maximum Gasteiger partial charge on any atom is 0.268 e. The molecule has 220 valence electrons. The number of rotatable bonds is 9. The number of amides is 1. The third kappa shape index (κ3) is 5.64. The quantitative estimate of drug-likeness (QED) is 0.375. The summed E-state index contributed by atoms with van der Waals surface area (Å²) in [6.45, 7) is 7.36. The lowest BCUT2D eigenvalue weighted by Crippen LogP contribution is -2.41. The van der Waals surface area contributed by atoms with Crippen molar-refractivity contribution >= 4 is 21.7 Å². The standard InChI is InChI=1S/C28H32F3N5O4S/c1-18-15-26(2,3)35(16-18)24-19(25(37)34-41(38,39)21-8-6-5-7-20(21)29)9-10-22(32-24)36-14-11-23(33-36)40-17-28(12-13-28)27(4,30)31/h5-11,14,18H,12-13,15-17H2,1-4H3,(H,34,37)/t18-/m0/s1. The Morgan fingerprint density at radius 3 is 2.49 bits per heavy atom. The molecule has 5 rings (SSSR count). The molecule has 1 saturated carbocycles. The van der Waals surface area contributed by atoms with Gasteiger partial charge in [-0.15, -0.1) is 5.10 Å². The van der Waals surface area contributed by atoms with Crippen LogP contribution in [0, 0.1) is 17.2 Å². The summed E-state index contributed by atoms with van der Waals surface area (Å²) in [5.74, 6) is -3.84. The van der Waals surface area contributed by atoms with Crippen molar-refractivity contribution in [2.75, 3.05) is 18.1 Å². The Bertz CT molecular complexity index is 1580. The molecule has 3 heterocycles. The summed E-state index contributed by atoms with van der Waals surface area (Å²) in [7, 11) is -4.51. The van der Waals surface area contributed by atoms with Gasteiger partial charge in [0.25, 0.3) is 21.9 Å². The lowest BCUT2D eigenvalue weighted by atomic mass is 9.97. The molecule has 1 aromatic carbocycles. The largest absolute Gasteiger partial charge is 0.476 e. The minimum atomic E-state index is -4.51. The van der Waals surface area contributed by atoms with E-state index in [0.717, 1.165) is 25.5 Å². The number of pyridine rings is 1. The number of ether oxygens (including phenoxy) is 1. The molecule has 3 aromatic rings. The highest BCUT2D eigenvalue weighted by molar-refractivity contribution is 7.90. The molecule has 0 unspecified atom stereocenters. The second-order valence-corrected chi connectivity index (χ2v) is 13.3. The summed E-state index contributed by atoms with van der Waals surface area (Å²) < 4.78 is 76.8. The van der Waals surface area contributed by atoms with Crippen LogP contribution in [0.15, 0.2) is 53.6 Å². The van der Waals surface area contributed by atoms with Crippen molar-refractivity contribution < 1.29 is 31.1 Å². The van der Waals surface area contributed by atoms with E-state index in [4.69, 9.17) is 9.72 Å². The Hall–Kier alpha value is -3.61. The fourth-order valence-corrected chi connectivity index (χ4v) is 6.43. The van der Waals surface area contributed by atoms with Gasteiger partial charge in [0.15, 0.2) is 5.82 Å². The number of benzene rings is 1. The third-order valence-corrected chi connectivity index (χ3v) is 9.23. The second-order valence-electron chi connectivity index (χ2n) is 11.7. The number of carbonyl (C=O) groups excluding carboxylic acids is 1. The fourth-order valence-electron chi connectivity index (χ4n) is 5.39. The molecule has 0 bridgehead atoms. The molecule has 1 N–H and O–H groups in total. The van der Waals surface area contributed by atoms with Crippen LogP contribution in [0.5, 0.6) is 5.88 Å². The molecule has 1 saturated heterocycles. The van der Waals surface area contributed by atoms with Crippen molar-refractivity contribution in [3.05, 3.63) is 60.0 Å². The summed E-state index contributed by atoms with van der Waals surface area (Å²) in [6.07, 6.45) is 3.12. The summed E-state index contributed by atoms with van der Waals surface area (Å²) in [6, 6.07) is 9.23. The van der Waals surface area contributed by atoms with Gasteiger partial charge in [0, 0.05) is 31.3 Å². The van der Waals surface area contributed by atoms with Crippen LogP contribution < -0.4 is 14.4 Å². The van der Waals surface area contributed by atoms with Crippen LogP contribution in [0.1, 0.15) is 57.3 Å². The van der Waals surface area contributed by atoms with E-state index in [1.165, 1.54) is 35.0 Å². The second kappa shape index (κ2) is 10.0. The van der Waals surface area contributed by atoms with Crippen LogP contribution in [0.4, 0.5) is 19.0 Å². The first-order valence-corrected chi connectivity index (χ1v) is 14.8. The molecule has 41 heavy (non-hydrogen) atoms. The smallest absolute Gasteiger partial charge is 0.268 e. The van der Waals surface area contributed by atoms with Gasteiger partial charge < -0.3 is 9.64 Å². The van der Waals surface area contributed by atoms with Gasteiger partial charge in [-0.2, -0.15) is 0 Å². The molecule has 2 aliphatic rings. The van der Waals surface area contributed by atoms with E-state index in [1.54, 1.807) is 6.20 Å². The lowest BCUT2D eigenvalue weighted by Gasteiger charge is -2.34. The van der Waals surface area contributed by atoms with Crippen LogP contribution in [0.3, 0.4) is 0 Å².